The molecule has 2 aromatic rings. The Kier molecular flexibility index (Phi) is 11.3. The van der Waals surface area contributed by atoms with Crippen molar-refractivity contribution in [3.8, 4) is 0 Å². The molecule has 0 aliphatic heterocycles. The second-order valence-corrected chi connectivity index (χ2v) is 5.40. The molecular weight excluding hydrogens is 328 g/mol. The molecule has 2 rings (SSSR count). The van der Waals surface area contributed by atoms with Crippen LogP contribution in [-0.2, 0) is 0 Å². The molecule has 140 valence electrons. The van der Waals surface area contributed by atoms with Crippen LogP contribution in [-0.4, -0.2) is 45.3 Å². The third-order valence-corrected chi connectivity index (χ3v) is 3.18. The van der Waals surface area contributed by atoms with Crippen molar-refractivity contribution in [2.75, 3.05) is 13.7 Å². The molecule has 0 unspecified atom stereocenters. The summed E-state index contributed by atoms with van der Waals surface area (Å²) in [6.45, 7) is 9.26. The number of pyridine rings is 2. The molecule has 0 fully saturated rings. The third-order valence-electron chi connectivity index (χ3n) is 3.18. The fraction of sp³-hybridized carbons (Fsp3) is 0.300. The summed E-state index contributed by atoms with van der Waals surface area (Å²) < 4.78 is 0. The van der Waals surface area contributed by atoms with Crippen LogP contribution in [0.2, 0.25) is 0 Å². The van der Waals surface area contributed by atoms with Crippen LogP contribution in [0.4, 0.5) is 0 Å². The van der Waals surface area contributed by atoms with E-state index in [-0.39, 0.29) is 6.61 Å². The summed E-state index contributed by atoms with van der Waals surface area (Å²) in [7, 11) is 1.00. The quantitative estimate of drug-likeness (QED) is 0.616. The second kappa shape index (κ2) is 12.6. The van der Waals surface area contributed by atoms with E-state index in [2.05, 4.69) is 16.5 Å². The molecule has 0 aliphatic carbocycles. The van der Waals surface area contributed by atoms with Gasteiger partial charge in [0.05, 0.1) is 28.5 Å². The molecule has 4 N–H and O–H groups in total. The molecule has 0 aromatic carbocycles. The summed E-state index contributed by atoms with van der Waals surface area (Å²) in [5, 5.41) is 30.4. The minimum absolute atomic E-state index is 0.0777. The van der Waals surface area contributed by atoms with Crippen molar-refractivity contribution in [2.45, 2.75) is 27.2 Å². The van der Waals surface area contributed by atoms with Crippen molar-refractivity contribution in [3.05, 3.63) is 65.8 Å². The van der Waals surface area contributed by atoms with E-state index in [0.29, 0.717) is 23.5 Å². The largest absolute Gasteiger partial charge is 0.400 e. The number of aromatic nitrogens is 2. The zero-order chi connectivity index (χ0) is 20.1. The van der Waals surface area contributed by atoms with Gasteiger partial charge in [0.15, 0.2) is 0 Å². The van der Waals surface area contributed by atoms with E-state index in [1.54, 1.807) is 19.9 Å². The van der Waals surface area contributed by atoms with Crippen molar-refractivity contribution >= 4 is 17.0 Å². The summed E-state index contributed by atoms with van der Waals surface area (Å²) in [4.78, 5) is 8.40. The van der Waals surface area contributed by atoms with E-state index < -0.39 is 0 Å². The summed E-state index contributed by atoms with van der Waals surface area (Å²) in [6, 6.07) is 11.2. The van der Waals surface area contributed by atoms with Crippen LogP contribution in [0.5, 0.6) is 0 Å². The number of aryl methyl sites for hydroxylation is 1. The van der Waals surface area contributed by atoms with Gasteiger partial charge in [-0.1, -0.05) is 18.7 Å². The van der Waals surface area contributed by atoms with Gasteiger partial charge in [-0.3, -0.25) is 4.98 Å². The van der Waals surface area contributed by atoms with Crippen molar-refractivity contribution < 1.29 is 10.2 Å². The van der Waals surface area contributed by atoms with E-state index in [9.17, 15) is 0 Å². The van der Waals surface area contributed by atoms with Crippen molar-refractivity contribution in [1.82, 2.24) is 9.97 Å². The van der Waals surface area contributed by atoms with E-state index in [4.69, 9.17) is 21.0 Å². The minimum atomic E-state index is 0.0777. The van der Waals surface area contributed by atoms with E-state index >= 15 is 0 Å². The average molecular weight is 356 g/mol. The molecule has 26 heavy (non-hydrogen) atoms. The molecule has 0 atom stereocenters. The summed E-state index contributed by atoms with van der Waals surface area (Å²) >= 11 is 0. The van der Waals surface area contributed by atoms with Gasteiger partial charge in [-0.05, 0) is 57.0 Å². The fourth-order valence-corrected chi connectivity index (χ4v) is 1.86. The minimum Gasteiger partial charge on any atom is -0.400 e. The lowest BCUT2D eigenvalue weighted by molar-refractivity contribution is 0.305. The molecule has 0 radical (unpaired) electrons. The molecule has 2 aromatic heterocycles. The Hall–Kier alpha value is -2.70. The maximum Gasteiger partial charge on any atom is 0.0841 e. The highest BCUT2D eigenvalue weighted by atomic mass is 16.3. The highest BCUT2D eigenvalue weighted by molar-refractivity contribution is 5.94. The fourth-order valence-electron chi connectivity index (χ4n) is 1.86. The van der Waals surface area contributed by atoms with E-state index in [1.165, 1.54) is 0 Å². The number of nitrogens with one attached hydrogen (secondary N) is 2. The standard InChI is InChI=1S/C11H14N2O.C8H10N2.CH4O/c1-8(6-7-14)10-4-3-5-11(13-10)9(2)12;1-6-4-3-5-8(10-6)7(2)9;1-2/h3-5,12,14H,1,6-7H2,2H3;3-5,9H,1-2H3;2H,1H3. The number of rotatable bonds is 5. The van der Waals surface area contributed by atoms with Crippen LogP contribution in [0.15, 0.2) is 43.0 Å². The summed E-state index contributed by atoms with van der Waals surface area (Å²) in [5.74, 6) is 0. The number of nitrogens with zero attached hydrogens (tertiary/aromatic N) is 2. The van der Waals surface area contributed by atoms with Crippen LogP contribution < -0.4 is 0 Å². The Morgan fingerprint density at radius 3 is 1.81 bits per heavy atom. The zero-order valence-corrected chi connectivity index (χ0v) is 15.9. The molecule has 2 heterocycles. The first-order chi connectivity index (χ1) is 12.3. The predicted octanol–water partition coefficient (Wildman–Crippen LogP) is 3.25. The Morgan fingerprint density at radius 1 is 0.923 bits per heavy atom. The lowest BCUT2D eigenvalue weighted by Gasteiger charge is -2.04. The van der Waals surface area contributed by atoms with Crippen molar-refractivity contribution in [2.24, 2.45) is 0 Å². The Bertz CT molecular complexity index is 742. The Balaban J connectivity index is 0.000000458. The lowest BCUT2D eigenvalue weighted by atomic mass is 10.1. The van der Waals surface area contributed by atoms with Gasteiger partial charge in [-0.15, -0.1) is 0 Å². The van der Waals surface area contributed by atoms with Crippen molar-refractivity contribution in [1.29, 1.82) is 10.8 Å². The molecule has 6 heteroatoms. The predicted molar refractivity (Wildman–Crippen MR) is 107 cm³/mol. The topological polar surface area (TPSA) is 114 Å². The van der Waals surface area contributed by atoms with Crippen LogP contribution in [0.1, 0.15) is 43.0 Å². The first kappa shape index (κ1) is 23.3. The molecule has 6 nitrogen and oxygen atoms in total. The number of hydrogen-bond acceptors (Lipinski definition) is 6. The molecule has 0 aliphatic rings. The van der Waals surface area contributed by atoms with Gasteiger partial charge in [-0.25, -0.2) is 4.98 Å². The van der Waals surface area contributed by atoms with Gasteiger partial charge in [0.2, 0.25) is 0 Å². The lowest BCUT2D eigenvalue weighted by Crippen LogP contribution is -1.99. The van der Waals surface area contributed by atoms with Crippen LogP contribution >= 0.6 is 0 Å². The molecular formula is C20H28N4O2. The van der Waals surface area contributed by atoms with E-state index in [0.717, 1.165) is 29.8 Å². The molecule has 0 bridgehead atoms. The Labute approximate surface area is 155 Å². The SMILES string of the molecule is C=C(CCO)c1cccc(C(C)=N)n1.CC(=N)c1cccc(C)n1.CO. The third kappa shape index (κ3) is 8.41. The van der Waals surface area contributed by atoms with E-state index in [1.807, 2.05) is 37.3 Å². The highest BCUT2D eigenvalue weighted by Crippen LogP contribution is 2.13. The average Bonchev–Trinajstić information content (AvgIpc) is 2.64. The Morgan fingerprint density at radius 2 is 1.38 bits per heavy atom. The second-order valence-electron chi connectivity index (χ2n) is 5.40. The number of hydrogen-bond donors (Lipinski definition) is 4. The van der Waals surface area contributed by atoms with Crippen LogP contribution in [0, 0.1) is 17.7 Å². The molecule has 0 spiro atoms. The van der Waals surface area contributed by atoms with Gasteiger partial charge in [0, 0.05) is 19.4 Å². The van der Waals surface area contributed by atoms with Crippen LogP contribution in [0.3, 0.4) is 0 Å². The summed E-state index contributed by atoms with van der Waals surface area (Å²) in [6.07, 6.45) is 0.521. The smallest absolute Gasteiger partial charge is 0.0841 e. The number of aliphatic hydroxyl groups is 2. The number of aliphatic hydroxyl groups excluding tert-OH is 2. The normalized spacial score (nSPS) is 9.15. The van der Waals surface area contributed by atoms with Gasteiger partial charge in [0.25, 0.3) is 0 Å². The zero-order valence-electron chi connectivity index (χ0n) is 15.9. The van der Waals surface area contributed by atoms with Gasteiger partial charge >= 0.3 is 0 Å². The summed E-state index contributed by atoms with van der Waals surface area (Å²) in [5.41, 5.74) is 4.89. The highest BCUT2D eigenvalue weighted by Gasteiger charge is 2.02. The maximum absolute atomic E-state index is 8.75. The first-order valence-electron chi connectivity index (χ1n) is 8.10. The van der Waals surface area contributed by atoms with Gasteiger partial charge < -0.3 is 21.0 Å². The monoisotopic (exact) mass is 356 g/mol. The van der Waals surface area contributed by atoms with Gasteiger partial charge in [0.1, 0.15) is 0 Å². The molecule has 0 amide bonds. The first-order valence-corrected chi connectivity index (χ1v) is 8.10. The van der Waals surface area contributed by atoms with Crippen LogP contribution in [0.25, 0.3) is 5.57 Å². The maximum atomic E-state index is 8.75. The van der Waals surface area contributed by atoms with Gasteiger partial charge in [-0.2, -0.15) is 0 Å². The molecule has 0 saturated carbocycles. The molecule has 0 saturated heterocycles. The van der Waals surface area contributed by atoms with Crippen molar-refractivity contribution in [3.63, 3.8) is 0 Å².